The van der Waals surface area contributed by atoms with Gasteiger partial charge in [-0.1, -0.05) is 29.8 Å². The number of amides is 1. The molecule has 0 bridgehead atoms. The summed E-state index contributed by atoms with van der Waals surface area (Å²) in [5, 5.41) is 3.35. The predicted octanol–water partition coefficient (Wildman–Crippen LogP) is 4.63. The van der Waals surface area contributed by atoms with Crippen LogP contribution in [0.4, 0.5) is 5.69 Å². The smallest absolute Gasteiger partial charge is 0.232 e. The number of benzene rings is 2. The van der Waals surface area contributed by atoms with Gasteiger partial charge in [0.25, 0.3) is 0 Å². The van der Waals surface area contributed by atoms with E-state index < -0.39 is 0 Å². The molecular weight excluding hydrogens is 362 g/mol. The fraction of sp³-hybridized carbons (Fsp3) is 0.143. The largest absolute Gasteiger partial charge is 0.326 e. The van der Waals surface area contributed by atoms with E-state index in [0.717, 1.165) is 16.8 Å². The normalized spacial score (nSPS) is 10.5. The number of nitrogens with zero attached hydrogens (tertiary/aromatic N) is 2. The number of hydrogen-bond donors (Lipinski definition) is 1. The molecule has 0 radical (unpaired) electrons. The molecule has 0 aliphatic heterocycles. The fourth-order valence-electron chi connectivity index (χ4n) is 2.63. The lowest BCUT2D eigenvalue weighted by Crippen LogP contribution is -2.16. The molecular formula is C21H18ClN3O2. The molecule has 3 aromatic rings. The third-order valence-corrected chi connectivity index (χ3v) is 4.42. The van der Waals surface area contributed by atoms with Crippen LogP contribution in [0.15, 0.2) is 54.9 Å². The lowest BCUT2D eigenvalue weighted by Gasteiger charge is -2.08. The molecule has 0 aliphatic carbocycles. The van der Waals surface area contributed by atoms with Crippen LogP contribution in [0.25, 0.3) is 11.3 Å². The number of carbonyl (C=O) groups excluding carboxylic acids is 2. The third kappa shape index (κ3) is 4.77. The Morgan fingerprint density at radius 2 is 1.89 bits per heavy atom. The van der Waals surface area contributed by atoms with Gasteiger partial charge >= 0.3 is 0 Å². The number of carbonyl (C=O) groups is 2. The predicted molar refractivity (Wildman–Crippen MR) is 106 cm³/mol. The molecule has 2 aromatic carbocycles. The average Bonchev–Trinajstić information content (AvgIpc) is 2.65. The van der Waals surface area contributed by atoms with Gasteiger partial charge in [0.1, 0.15) is 0 Å². The summed E-state index contributed by atoms with van der Waals surface area (Å²) in [5.74, 6) is -0.636. The molecule has 3 rings (SSSR count). The molecule has 0 spiro atoms. The summed E-state index contributed by atoms with van der Waals surface area (Å²) >= 11 is 5.98. The van der Waals surface area contributed by atoms with Crippen LogP contribution in [0.2, 0.25) is 5.02 Å². The number of hydrogen-bond acceptors (Lipinski definition) is 4. The Hall–Kier alpha value is -3.05. The topological polar surface area (TPSA) is 72.0 Å². The molecule has 0 aliphatic rings. The van der Waals surface area contributed by atoms with Gasteiger partial charge in [0, 0.05) is 28.0 Å². The van der Waals surface area contributed by atoms with Crippen LogP contribution in [0.3, 0.4) is 0 Å². The van der Waals surface area contributed by atoms with Crippen LogP contribution >= 0.6 is 11.6 Å². The minimum absolute atomic E-state index is 0.245. The Kier molecular flexibility index (Phi) is 5.62. The van der Waals surface area contributed by atoms with Crippen molar-refractivity contribution in [3.63, 3.8) is 0 Å². The molecule has 1 amide bonds. The van der Waals surface area contributed by atoms with Gasteiger partial charge < -0.3 is 5.32 Å². The SMILES string of the molecule is Cc1cncc(-c2cccc(C(=O)CC(=O)Nc3ccc(Cl)c(C)c3)c2)n1. The number of ketones is 1. The molecule has 1 heterocycles. The summed E-state index contributed by atoms with van der Waals surface area (Å²) < 4.78 is 0. The highest BCUT2D eigenvalue weighted by Crippen LogP contribution is 2.21. The number of Topliss-reactive ketones (excluding diaryl/α,β-unsaturated/α-hetero) is 1. The highest BCUT2D eigenvalue weighted by molar-refractivity contribution is 6.31. The number of anilines is 1. The monoisotopic (exact) mass is 379 g/mol. The summed E-state index contributed by atoms with van der Waals surface area (Å²) in [7, 11) is 0. The van der Waals surface area contributed by atoms with E-state index in [4.69, 9.17) is 11.6 Å². The Morgan fingerprint density at radius 3 is 2.63 bits per heavy atom. The molecule has 1 N–H and O–H groups in total. The van der Waals surface area contributed by atoms with E-state index in [9.17, 15) is 9.59 Å². The zero-order valence-electron chi connectivity index (χ0n) is 15.0. The Morgan fingerprint density at radius 1 is 1.07 bits per heavy atom. The summed E-state index contributed by atoms with van der Waals surface area (Å²) in [4.78, 5) is 33.2. The van der Waals surface area contributed by atoms with E-state index in [1.165, 1.54) is 0 Å². The van der Waals surface area contributed by atoms with E-state index >= 15 is 0 Å². The van der Waals surface area contributed by atoms with Crippen LogP contribution in [0.1, 0.15) is 28.0 Å². The molecule has 0 unspecified atom stereocenters. The molecule has 1 aromatic heterocycles. The lowest BCUT2D eigenvalue weighted by molar-refractivity contribution is -0.115. The van der Waals surface area contributed by atoms with Gasteiger partial charge in [0.05, 0.1) is 24.0 Å². The van der Waals surface area contributed by atoms with Crippen LogP contribution in [-0.2, 0) is 4.79 Å². The van der Waals surface area contributed by atoms with Gasteiger partial charge in [-0.05, 0) is 43.7 Å². The van der Waals surface area contributed by atoms with Crippen molar-refractivity contribution in [2.45, 2.75) is 20.3 Å². The van der Waals surface area contributed by atoms with Crippen molar-refractivity contribution in [3.05, 3.63) is 76.7 Å². The van der Waals surface area contributed by atoms with Gasteiger partial charge in [-0.3, -0.25) is 14.6 Å². The van der Waals surface area contributed by atoms with Gasteiger partial charge in [-0.25, -0.2) is 4.98 Å². The molecule has 0 saturated carbocycles. The summed E-state index contributed by atoms with van der Waals surface area (Å²) in [6.45, 7) is 3.71. The first-order valence-electron chi connectivity index (χ1n) is 8.40. The second-order valence-corrected chi connectivity index (χ2v) is 6.65. The van der Waals surface area contributed by atoms with Crippen molar-refractivity contribution in [2.24, 2.45) is 0 Å². The second kappa shape index (κ2) is 8.10. The van der Waals surface area contributed by atoms with Crippen molar-refractivity contribution >= 4 is 29.0 Å². The number of halogens is 1. The van der Waals surface area contributed by atoms with Crippen molar-refractivity contribution in [2.75, 3.05) is 5.32 Å². The highest BCUT2D eigenvalue weighted by Gasteiger charge is 2.13. The fourth-order valence-corrected chi connectivity index (χ4v) is 2.75. The van der Waals surface area contributed by atoms with Crippen molar-refractivity contribution < 1.29 is 9.59 Å². The van der Waals surface area contributed by atoms with Crippen LogP contribution < -0.4 is 5.32 Å². The van der Waals surface area contributed by atoms with Gasteiger partial charge in [-0.15, -0.1) is 0 Å². The number of aromatic nitrogens is 2. The first-order valence-corrected chi connectivity index (χ1v) is 8.78. The van der Waals surface area contributed by atoms with E-state index in [1.54, 1.807) is 48.8 Å². The van der Waals surface area contributed by atoms with E-state index in [-0.39, 0.29) is 18.1 Å². The summed E-state index contributed by atoms with van der Waals surface area (Å²) in [5.41, 5.74) is 4.18. The van der Waals surface area contributed by atoms with Crippen molar-refractivity contribution in [3.8, 4) is 11.3 Å². The maximum absolute atomic E-state index is 12.5. The third-order valence-electron chi connectivity index (χ3n) is 4.00. The zero-order valence-corrected chi connectivity index (χ0v) is 15.7. The lowest BCUT2D eigenvalue weighted by atomic mass is 10.0. The highest BCUT2D eigenvalue weighted by atomic mass is 35.5. The first kappa shape index (κ1) is 18.7. The number of aryl methyl sites for hydroxylation is 2. The molecule has 27 heavy (non-hydrogen) atoms. The molecule has 0 atom stereocenters. The minimum atomic E-state index is -0.373. The molecule has 5 nitrogen and oxygen atoms in total. The molecule has 6 heteroatoms. The first-order chi connectivity index (χ1) is 12.9. The van der Waals surface area contributed by atoms with Crippen LogP contribution in [-0.4, -0.2) is 21.7 Å². The zero-order chi connectivity index (χ0) is 19.4. The van der Waals surface area contributed by atoms with E-state index in [1.807, 2.05) is 19.9 Å². The van der Waals surface area contributed by atoms with Crippen LogP contribution in [0, 0.1) is 13.8 Å². The van der Waals surface area contributed by atoms with E-state index in [2.05, 4.69) is 15.3 Å². The molecule has 0 saturated heterocycles. The van der Waals surface area contributed by atoms with Gasteiger partial charge in [-0.2, -0.15) is 0 Å². The Bertz CT molecular complexity index is 1020. The standard InChI is InChI=1S/C21H18ClN3O2/c1-13-8-17(6-7-18(13)22)25-21(27)10-20(26)16-5-3-4-15(9-16)19-12-23-11-14(2)24-19/h3-9,11-12H,10H2,1-2H3,(H,25,27). The number of rotatable bonds is 5. The summed E-state index contributed by atoms with van der Waals surface area (Å²) in [6, 6.07) is 12.2. The van der Waals surface area contributed by atoms with Gasteiger partial charge in [0.15, 0.2) is 5.78 Å². The minimum Gasteiger partial charge on any atom is -0.326 e. The summed E-state index contributed by atoms with van der Waals surface area (Å²) in [6.07, 6.45) is 3.07. The maximum Gasteiger partial charge on any atom is 0.232 e. The Labute approximate surface area is 162 Å². The number of nitrogens with one attached hydrogen (secondary N) is 1. The quantitative estimate of drug-likeness (QED) is 0.518. The molecule has 0 fully saturated rings. The van der Waals surface area contributed by atoms with E-state index in [0.29, 0.717) is 22.0 Å². The Balaban J connectivity index is 1.71. The van der Waals surface area contributed by atoms with Crippen molar-refractivity contribution in [1.29, 1.82) is 0 Å². The van der Waals surface area contributed by atoms with Crippen LogP contribution in [0.5, 0.6) is 0 Å². The average molecular weight is 380 g/mol. The van der Waals surface area contributed by atoms with Crippen molar-refractivity contribution in [1.82, 2.24) is 9.97 Å². The molecule has 136 valence electrons. The van der Waals surface area contributed by atoms with Gasteiger partial charge in [0.2, 0.25) is 5.91 Å². The maximum atomic E-state index is 12.5. The second-order valence-electron chi connectivity index (χ2n) is 6.24.